The van der Waals surface area contributed by atoms with Crippen LogP contribution in [-0.2, 0) is 0 Å². The van der Waals surface area contributed by atoms with Crippen LogP contribution in [0.3, 0.4) is 0 Å². The number of methoxy groups -OCH3 is 3. The van der Waals surface area contributed by atoms with Gasteiger partial charge in [0.25, 0.3) is 0 Å². The van der Waals surface area contributed by atoms with Gasteiger partial charge in [-0.3, -0.25) is 4.79 Å². The molecule has 0 amide bonds. The van der Waals surface area contributed by atoms with Crippen molar-refractivity contribution in [1.82, 2.24) is 14.5 Å². The number of aromatic nitrogens is 3. The molecular formula is C28H29N3O4. The summed E-state index contributed by atoms with van der Waals surface area (Å²) in [5.74, 6) is 1.60. The van der Waals surface area contributed by atoms with E-state index in [-0.39, 0.29) is 5.78 Å². The molecule has 0 saturated heterocycles. The van der Waals surface area contributed by atoms with Crippen molar-refractivity contribution in [2.45, 2.75) is 32.7 Å². The zero-order valence-electron chi connectivity index (χ0n) is 20.6. The smallest absolute Gasteiger partial charge is 0.203 e. The Hall–Kier alpha value is -4.00. The van der Waals surface area contributed by atoms with Gasteiger partial charge in [-0.05, 0) is 68.7 Å². The number of para-hydroxylation sites is 2. The monoisotopic (exact) mass is 471 g/mol. The average molecular weight is 472 g/mol. The topological polar surface area (TPSA) is 78.4 Å². The number of hydrogen-bond donors (Lipinski definition) is 1. The van der Waals surface area contributed by atoms with E-state index in [0.717, 1.165) is 22.3 Å². The maximum atomic E-state index is 14.0. The van der Waals surface area contributed by atoms with Crippen LogP contribution >= 0.6 is 0 Å². The van der Waals surface area contributed by atoms with Crippen LogP contribution in [0.15, 0.2) is 42.5 Å². The highest BCUT2D eigenvalue weighted by atomic mass is 16.5. The summed E-state index contributed by atoms with van der Waals surface area (Å²) in [6, 6.07) is 13.8. The molecule has 1 aliphatic carbocycles. The van der Waals surface area contributed by atoms with Gasteiger partial charge >= 0.3 is 0 Å². The number of hydrogen-bond acceptors (Lipinski definition) is 5. The Morgan fingerprint density at radius 2 is 1.71 bits per heavy atom. The third-order valence-electron chi connectivity index (χ3n) is 6.55. The first kappa shape index (κ1) is 22.8. The minimum atomic E-state index is -0.195. The Morgan fingerprint density at radius 1 is 1.03 bits per heavy atom. The van der Waals surface area contributed by atoms with Crippen molar-refractivity contribution in [3.8, 4) is 17.2 Å². The molecule has 0 spiro atoms. The van der Waals surface area contributed by atoms with E-state index < -0.39 is 0 Å². The van der Waals surface area contributed by atoms with Crippen molar-refractivity contribution in [2.75, 3.05) is 21.3 Å². The second-order valence-corrected chi connectivity index (χ2v) is 8.83. The molecule has 1 fully saturated rings. The van der Waals surface area contributed by atoms with Crippen molar-refractivity contribution in [1.29, 1.82) is 0 Å². The molecule has 35 heavy (non-hydrogen) atoms. The first-order valence-electron chi connectivity index (χ1n) is 11.6. The molecule has 0 unspecified atom stereocenters. The first-order chi connectivity index (χ1) is 16.9. The normalized spacial score (nSPS) is 13.8. The molecule has 0 atom stereocenters. The number of carbonyl (C=O) groups is 1. The molecular weight excluding hydrogens is 442 g/mol. The number of Topliss-reactive ketones (excluding diaryl/α,β-unsaturated/α-hetero) is 1. The summed E-state index contributed by atoms with van der Waals surface area (Å²) < 4.78 is 18.8. The maximum absolute atomic E-state index is 14.0. The van der Waals surface area contributed by atoms with E-state index in [4.69, 9.17) is 19.2 Å². The second kappa shape index (κ2) is 8.98. The fourth-order valence-corrected chi connectivity index (χ4v) is 4.69. The van der Waals surface area contributed by atoms with E-state index in [1.807, 2.05) is 30.3 Å². The van der Waals surface area contributed by atoms with Crippen LogP contribution in [0.4, 0.5) is 0 Å². The van der Waals surface area contributed by atoms with Crippen LogP contribution in [0.2, 0.25) is 0 Å². The number of benzene rings is 2. The van der Waals surface area contributed by atoms with E-state index in [0.29, 0.717) is 40.3 Å². The molecule has 0 aliphatic heterocycles. The molecule has 5 rings (SSSR count). The second-order valence-electron chi connectivity index (χ2n) is 8.83. The molecule has 0 radical (unpaired) electrons. The fraction of sp³-hybridized carbons (Fsp3) is 0.286. The zero-order valence-corrected chi connectivity index (χ0v) is 20.6. The third kappa shape index (κ3) is 4.07. The average Bonchev–Trinajstić information content (AvgIpc) is 3.54. The molecule has 7 heteroatoms. The maximum Gasteiger partial charge on any atom is 0.203 e. The summed E-state index contributed by atoms with van der Waals surface area (Å²) in [6.45, 7) is 4.22. The fourth-order valence-electron chi connectivity index (χ4n) is 4.69. The van der Waals surface area contributed by atoms with Crippen LogP contribution in [0.25, 0.3) is 22.7 Å². The van der Waals surface area contributed by atoms with Gasteiger partial charge in [0, 0.05) is 23.0 Å². The standard InChI is InChI=1S/C28H29N3O4/c1-16-12-18(17(2)31(16)20-10-11-20)13-21(28-29-22-8-6-7-9-23(22)30-28)26(32)19-14-24(33-3)27(35-5)25(15-19)34-4/h6-9,12-15,20H,10-11H2,1-5H3,(H,29,30)/b21-13-. The van der Waals surface area contributed by atoms with Crippen LogP contribution in [-0.4, -0.2) is 41.6 Å². The van der Waals surface area contributed by atoms with E-state index in [9.17, 15) is 4.79 Å². The predicted octanol–water partition coefficient (Wildman–Crippen LogP) is 5.77. The van der Waals surface area contributed by atoms with Crippen molar-refractivity contribution >= 4 is 28.5 Å². The van der Waals surface area contributed by atoms with Crippen LogP contribution < -0.4 is 14.2 Å². The van der Waals surface area contributed by atoms with Crippen molar-refractivity contribution in [3.05, 3.63) is 70.8 Å². The summed E-state index contributed by atoms with van der Waals surface area (Å²) in [4.78, 5) is 22.1. The van der Waals surface area contributed by atoms with Gasteiger partial charge in [0.15, 0.2) is 17.3 Å². The number of fused-ring (bicyclic) bond motifs is 1. The lowest BCUT2D eigenvalue weighted by molar-refractivity contribution is 0.105. The summed E-state index contributed by atoms with van der Waals surface area (Å²) in [7, 11) is 4.61. The van der Waals surface area contributed by atoms with E-state index in [1.165, 1.54) is 39.9 Å². The Kier molecular flexibility index (Phi) is 5.84. The van der Waals surface area contributed by atoms with E-state index in [1.54, 1.807) is 12.1 Å². The van der Waals surface area contributed by atoms with Crippen molar-refractivity contribution in [3.63, 3.8) is 0 Å². The third-order valence-corrected chi connectivity index (χ3v) is 6.55. The number of nitrogens with zero attached hydrogens (tertiary/aromatic N) is 2. The number of rotatable bonds is 8. The number of imidazole rings is 1. The van der Waals surface area contributed by atoms with Gasteiger partial charge in [0.1, 0.15) is 5.82 Å². The highest BCUT2D eigenvalue weighted by Gasteiger charge is 2.28. The van der Waals surface area contributed by atoms with Gasteiger partial charge in [-0.2, -0.15) is 0 Å². The van der Waals surface area contributed by atoms with Crippen molar-refractivity contribution < 1.29 is 19.0 Å². The summed E-state index contributed by atoms with van der Waals surface area (Å²) >= 11 is 0. The van der Waals surface area contributed by atoms with Gasteiger partial charge in [-0.15, -0.1) is 0 Å². The molecule has 1 N–H and O–H groups in total. The number of allylic oxidation sites excluding steroid dienone is 1. The Labute approximate surface area is 204 Å². The Bertz CT molecular complexity index is 1400. The Morgan fingerprint density at radius 3 is 2.31 bits per heavy atom. The minimum absolute atomic E-state index is 0.195. The van der Waals surface area contributed by atoms with Gasteiger partial charge < -0.3 is 23.8 Å². The molecule has 1 saturated carbocycles. The molecule has 1 aliphatic rings. The lowest BCUT2D eigenvalue weighted by atomic mass is 9.99. The number of ether oxygens (including phenoxy) is 3. The van der Waals surface area contributed by atoms with Gasteiger partial charge in [-0.1, -0.05) is 12.1 Å². The van der Waals surface area contributed by atoms with Crippen LogP contribution in [0.5, 0.6) is 17.2 Å². The number of ketones is 1. The van der Waals surface area contributed by atoms with E-state index in [2.05, 4.69) is 29.5 Å². The quantitative estimate of drug-likeness (QED) is 0.261. The number of nitrogens with one attached hydrogen (secondary N) is 1. The number of carbonyl (C=O) groups excluding carboxylic acids is 1. The van der Waals surface area contributed by atoms with Gasteiger partial charge in [0.05, 0.1) is 37.9 Å². The SMILES string of the molecule is COc1cc(C(=O)/C(=C/c2cc(C)n(C3CC3)c2C)c2nc3ccccc3[nH]2)cc(OC)c1OC. The lowest BCUT2D eigenvalue weighted by Gasteiger charge is -2.14. The number of aryl methyl sites for hydroxylation is 1. The van der Waals surface area contributed by atoms with Crippen LogP contribution in [0.1, 0.15) is 52.0 Å². The molecule has 180 valence electrons. The predicted molar refractivity (Wildman–Crippen MR) is 137 cm³/mol. The molecule has 0 bridgehead atoms. The minimum Gasteiger partial charge on any atom is -0.493 e. The number of H-pyrrole nitrogens is 1. The lowest BCUT2D eigenvalue weighted by Crippen LogP contribution is -2.07. The molecule has 7 nitrogen and oxygen atoms in total. The van der Waals surface area contributed by atoms with Gasteiger partial charge in [-0.25, -0.2) is 4.98 Å². The highest BCUT2D eigenvalue weighted by Crippen LogP contribution is 2.41. The summed E-state index contributed by atoms with van der Waals surface area (Å²) in [5, 5.41) is 0. The van der Waals surface area contributed by atoms with E-state index >= 15 is 0 Å². The van der Waals surface area contributed by atoms with Crippen LogP contribution in [0, 0.1) is 13.8 Å². The zero-order chi connectivity index (χ0) is 24.7. The largest absolute Gasteiger partial charge is 0.493 e. The molecule has 4 aromatic rings. The highest BCUT2D eigenvalue weighted by molar-refractivity contribution is 6.32. The molecule has 2 aromatic carbocycles. The summed E-state index contributed by atoms with van der Waals surface area (Å²) in [5.41, 5.74) is 5.90. The summed E-state index contributed by atoms with van der Waals surface area (Å²) in [6.07, 6.45) is 4.32. The molecule has 2 aromatic heterocycles. The van der Waals surface area contributed by atoms with Gasteiger partial charge in [0.2, 0.25) is 5.75 Å². The Balaban J connectivity index is 1.68. The molecule has 2 heterocycles. The first-order valence-corrected chi connectivity index (χ1v) is 11.6. The number of aromatic amines is 1. The van der Waals surface area contributed by atoms with Crippen molar-refractivity contribution in [2.24, 2.45) is 0 Å².